The Bertz CT molecular complexity index is 428. The number of carbonyl (C=O) groups excluding carboxylic acids is 1. The fraction of sp³-hybridized carbons (Fsp3) is 0.500. The molecule has 3 nitrogen and oxygen atoms in total. The number of benzene rings is 1. The van der Waals surface area contributed by atoms with E-state index in [9.17, 15) is 4.79 Å². The Morgan fingerprint density at radius 1 is 1.44 bits per heavy atom. The summed E-state index contributed by atoms with van der Waals surface area (Å²) in [5.41, 5.74) is 0.338. The quantitative estimate of drug-likeness (QED) is 0.844. The molecule has 1 aromatic rings. The molecule has 1 fully saturated rings. The van der Waals surface area contributed by atoms with Gasteiger partial charge in [0.15, 0.2) is 0 Å². The van der Waals surface area contributed by atoms with Crippen LogP contribution in [-0.2, 0) is 9.53 Å². The summed E-state index contributed by atoms with van der Waals surface area (Å²) in [7, 11) is 0. The van der Waals surface area contributed by atoms with Crippen LogP contribution >= 0.6 is 15.9 Å². The zero-order chi connectivity index (χ0) is 13.2. The summed E-state index contributed by atoms with van der Waals surface area (Å²) < 4.78 is 6.22. The molecule has 0 aromatic heterocycles. The smallest absolute Gasteiger partial charge is 0.331 e. The lowest BCUT2D eigenvalue weighted by molar-refractivity contribution is -0.148. The zero-order valence-electron chi connectivity index (χ0n) is 10.7. The van der Waals surface area contributed by atoms with E-state index in [2.05, 4.69) is 21.2 Å². The maximum absolute atomic E-state index is 12.1. The Morgan fingerprint density at radius 2 is 2.06 bits per heavy atom. The highest BCUT2D eigenvalue weighted by molar-refractivity contribution is 9.10. The third-order valence-corrected chi connectivity index (χ3v) is 3.87. The molecule has 4 heteroatoms. The van der Waals surface area contributed by atoms with Crippen molar-refractivity contribution in [3.63, 3.8) is 0 Å². The van der Waals surface area contributed by atoms with Crippen molar-refractivity contribution in [3.8, 4) is 0 Å². The lowest BCUT2D eigenvalue weighted by atomic mass is 9.95. The van der Waals surface area contributed by atoms with E-state index < -0.39 is 5.54 Å². The van der Waals surface area contributed by atoms with Gasteiger partial charge in [-0.25, -0.2) is 4.79 Å². The first kappa shape index (κ1) is 13.4. The second-order valence-corrected chi connectivity index (χ2v) is 5.74. The molecule has 1 unspecified atom stereocenters. The van der Waals surface area contributed by atoms with Gasteiger partial charge in [0, 0.05) is 10.2 Å². The summed E-state index contributed by atoms with van der Waals surface area (Å²) in [6.45, 7) is 4.19. The third-order valence-electron chi connectivity index (χ3n) is 3.34. The van der Waals surface area contributed by atoms with Gasteiger partial charge < -0.3 is 10.1 Å². The molecule has 1 aliphatic rings. The second kappa shape index (κ2) is 5.31. The normalized spacial score (nSPS) is 17.9. The van der Waals surface area contributed by atoms with Crippen molar-refractivity contribution in [2.75, 3.05) is 11.9 Å². The molecule has 0 saturated heterocycles. The highest BCUT2D eigenvalue weighted by Gasteiger charge is 2.48. The fourth-order valence-corrected chi connectivity index (χ4v) is 2.36. The number of nitrogens with one attached hydrogen (secondary N) is 1. The SMILES string of the molecule is CCOC(=O)C(C)(Nc1ccc(Br)cc1)C1CC1. The van der Waals surface area contributed by atoms with Crippen LogP contribution in [0.4, 0.5) is 5.69 Å². The van der Waals surface area contributed by atoms with Crippen LogP contribution in [-0.4, -0.2) is 18.1 Å². The molecule has 1 saturated carbocycles. The average molecular weight is 312 g/mol. The average Bonchev–Trinajstić information content (AvgIpc) is 3.16. The van der Waals surface area contributed by atoms with Crippen LogP contribution in [0.15, 0.2) is 28.7 Å². The maximum Gasteiger partial charge on any atom is 0.331 e. The van der Waals surface area contributed by atoms with Gasteiger partial charge >= 0.3 is 5.97 Å². The molecule has 0 amide bonds. The van der Waals surface area contributed by atoms with E-state index in [4.69, 9.17) is 4.74 Å². The molecule has 1 aromatic carbocycles. The third kappa shape index (κ3) is 2.86. The van der Waals surface area contributed by atoms with Crippen molar-refractivity contribution >= 4 is 27.6 Å². The van der Waals surface area contributed by atoms with Crippen LogP contribution < -0.4 is 5.32 Å². The van der Waals surface area contributed by atoms with Crippen LogP contribution in [0, 0.1) is 5.92 Å². The monoisotopic (exact) mass is 311 g/mol. The Hall–Kier alpha value is -1.03. The topological polar surface area (TPSA) is 38.3 Å². The molecule has 18 heavy (non-hydrogen) atoms. The summed E-state index contributed by atoms with van der Waals surface area (Å²) in [6, 6.07) is 7.84. The molecule has 2 rings (SSSR count). The van der Waals surface area contributed by atoms with Crippen molar-refractivity contribution in [1.29, 1.82) is 0 Å². The maximum atomic E-state index is 12.1. The van der Waals surface area contributed by atoms with Crippen molar-refractivity contribution in [2.45, 2.75) is 32.2 Å². The lowest BCUT2D eigenvalue weighted by Crippen LogP contribution is -2.46. The molecule has 0 bridgehead atoms. The predicted molar refractivity (Wildman–Crippen MR) is 75.5 cm³/mol. The van der Waals surface area contributed by atoms with Gasteiger partial charge in [-0.15, -0.1) is 0 Å². The van der Waals surface area contributed by atoms with Crippen molar-refractivity contribution in [3.05, 3.63) is 28.7 Å². The van der Waals surface area contributed by atoms with Crippen LogP contribution in [0.2, 0.25) is 0 Å². The van der Waals surface area contributed by atoms with E-state index in [-0.39, 0.29) is 5.97 Å². The van der Waals surface area contributed by atoms with Crippen LogP contribution in [0.1, 0.15) is 26.7 Å². The van der Waals surface area contributed by atoms with Gasteiger partial charge in [0.2, 0.25) is 0 Å². The molecule has 98 valence electrons. The minimum atomic E-state index is -0.607. The number of halogens is 1. The van der Waals surface area contributed by atoms with Crippen LogP contribution in [0.25, 0.3) is 0 Å². The molecule has 0 aliphatic heterocycles. The molecule has 1 atom stereocenters. The van der Waals surface area contributed by atoms with Crippen LogP contribution in [0.3, 0.4) is 0 Å². The van der Waals surface area contributed by atoms with E-state index in [0.29, 0.717) is 12.5 Å². The Balaban J connectivity index is 2.15. The first-order valence-corrected chi connectivity index (χ1v) is 7.06. The molecular formula is C14H18BrNO2. The highest BCUT2D eigenvalue weighted by Crippen LogP contribution is 2.42. The molecule has 0 spiro atoms. The molecule has 0 radical (unpaired) electrons. The molecule has 1 N–H and O–H groups in total. The number of rotatable bonds is 5. The van der Waals surface area contributed by atoms with E-state index in [1.807, 2.05) is 38.1 Å². The number of anilines is 1. The largest absolute Gasteiger partial charge is 0.464 e. The number of ether oxygens (including phenoxy) is 1. The van der Waals surface area contributed by atoms with Gasteiger partial charge in [0.1, 0.15) is 5.54 Å². The van der Waals surface area contributed by atoms with Gasteiger partial charge in [-0.05, 0) is 56.9 Å². The summed E-state index contributed by atoms with van der Waals surface area (Å²) >= 11 is 3.40. The molecular weight excluding hydrogens is 294 g/mol. The number of esters is 1. The van der Waals surface area contributed by atoms with Gasteiger partial charge in [0.25, 0.3) is 0 Å². The summed E-state index contributed by atoms with van der Waals surface area (Å²) in [6.07, 6.45) is 2.16. The number of hydrogen-bond donors (Lipinski definition) is 1. The predicted octanol–water partition coefficient (Wildman–Crippen LogP) is 3.59. The van der Waals surface area contributed by atoms with E-state index in [1.165, 1.54) is 0 Å². The standard InChI is InChI=1S/C14H18BrNO2/c1-3-18-13(17)14(2,10-4-5-10)16-12-8-6-11(15)7-9-12/h6-10,16H,3-5H2,1-2H3. The first-order chi connectivity index (χ1) is 8.56. The first-order valence-electron chi connectivity index (χ1n) is 6.27. The van der Waals surface area contributed by atoms with Gasteiger partial charge in [0.05, 0.1) is 6.61 Å². The summed E-state index contributed by atoms with van der Waals surface area (Å²) in [4.78, 5) is 12.1. The summed E-state index contributed by atoms with van der Waals surface area (Å²) in [5.74, 6) is 0.218. The molecule has 0 heterocycles. The number of carbonyl (C=O) groups is 1. The van der Waals surface area contributed by atoms with Crippen molar-refractivity contribution < 1.29 is 9.53 Å². The number of hydrogen-bond acceptors (Lipinski definition) is 3. The molecule has 1 aliphatic carbocycles. The Labute approximate surface area is 116 Å². The van der Waals surface area contributed by atoms with E-state index >= 15 is 0 Å². The summed E-state index contributed by atoms with van der Waals surface area (Å²) in [5, 5.41) is 3.33. The zero-order valence-corrected chi connectivity index (χ0v) is 12.3. The fourth-order valence-electron chi connectivity index (χ4n) is 2.09. The van der Waals surface area contributed by atoms with Gasteiger partial charge in [-0.2, -0.15) is 0 Å². The minimum absolute atomic E-state index is 0.157. The second-order valence-electron chi connectivity index (χ2n) is 4.83. The van der Waals surface area contributed by atoms with Gasteiger partial charge in [-0.1, -0.05) is 15.9 Å². The highest BCUT2D eigenvalue weighted by atomic mass is 79.9. The lowest BCUT2D eigenvalue weighted by Gasteiger charge is -2.29. The Morgan fingerprint density at radius 3 is 2.56 bits per heavy atom. The Kier molecular flexibility index (Phi) is 3.95. The van der Waals surface area contributed by atoms with Crippen molar-refractivity contribution in [1.82, 2.24) is 0 Å². The van der Waals surface area contributed by atoms with E-state index in [0.717, 1.165) is 23.0 Å². The van der Waals surface area contributed by atoms with Gasteiger partial charge in [-0.3, -0.25) is 0 Å². The van der Waals surface area contributed by atoms with Crippen molar-refractivity contribution in [2.24, 2.45) is 5.92 Å². The minimum Gasteiger partial charge on any atom is -0.464 e. The van der Waals surface area contributed by atoms with Crippen LogP contribution in [0.5, 0.6) is 0 Å². The van der Waals surface area contributed by atoms with E-state index in [1.54, 1.807) is 0 Å².